The highest BCUT2D eigenvalue weighted by Gasteiger charge is 2.24. The third-order valence-electron chi connectivity index (χ3n) is 2.72. The monoisotopic (exact) mass is 259 g/mol. The van der Waals surface area contributed by atoms with Crippen LogP contribution in [0.25, 0.3) is 0 Å². The Labute approximate surface area is 104 Å². The van der Waals surface area contributed by atoms with Crippen LogP contribution in [-0.2, 0) is 19.1 Å². The van der Waals surface area contributed by atoms with Gasteiger partial charge in [0.2, 0.25) is 5.91 Å². The maximum absolute atomic E-state index is 11.6. The van der Waals surface area contributed by atoms with Crippen molar-refractivity contribution in [2.45, 2.75) is 44.2 Å². The average molecular weight is 259 g/mol. The molecule has 0 aromatic carbocycles. The Hall–Kier alpha value is -1.63. The summed E-state index contributed by atoms with van der Waals surface area (Å²) in [5.41, 5.74) is 0. The van der Waals surface area contributed by atoms with Crippen LogP contribution < -0.4 is 5.32 Å². The third-order valence-corrected chi connectivity index (χ3v) is 2.72. The summed E-state index contributed by atoms with van der Waals surface area (Å²) >= 11 is 0. The molecule has 0 spiro atoms. The summed E-state index contributed by atoms with van der Waals surface area (Å²) in [6.07, 6.45) is 1.24. The highest BCUT2D eigenvalue weighted by molar-refractivity contribution is 5.84. The summed E-state index contributed by atoms with van der Waals surface area (Å²) < 4.78 is 5.26. The molecule has 1 heterocycles. The van der Waals surface area contributed by atoms with E-state index in [0.29, 0.717) is 6.61 Å². The number of rotatable bonds is 7. The topological polar surface area (TPSA) is 113 Å². The molecule has 18 heavy (non-hydrogen) atoms. The van der Waals surface area contributed by atoms with Crippen LogP contribution >= 0.6 is 0 Å². The zero-order valence-corrected chi connectivity index (χ0v) is 9.92. The standard InChI is InChI=1S/C11H17NO6/c13-9(6-7-2-1-5-18-7)12-8(11(16)17)3-4-10(14)15/h7-8H,1-6H2,(H,12,13)(H,14,15)(H,16,17). The predicted molar refractivity (Wildman–Crippen MR) is 60.0 cm³/mol. The van der Waals surface area contributed by atoms with E-state index in [2.05, 4.69) is 5.32 Å². The Morgan fingerprint density at radius 3 is 2.56 bits per heavy atom. The summed E-state index contributed by atoms with van der Waals surface area (Å²) in [7, 11) is 0. The molecule has 1 saturated heterocycles. The number of hydrogen-bond acceptors (Lipinski definition) is 4. The second-order valence-corrected chi connectivity index (χ2v) is 4.23. The van der Waals surface area contributed by atoms with Gasteiger partial charge in [0.15, 0.2) is 0 Å². The molecule has 0 aromatic rings. The average Bonchev–Trinajstić information content (AvgIpc) is 2.76. The molecule has 0 saturated carbocycles. The zero-order chi connectivity index (χ0) is 13.5. The Bertz CT molecular complexity index is 323. The van der Waals surface area contributed by atoms with E-state index < -0.39 is 23.9 Å². The molecule has 7 nitrogen and oxygen atoms in total. The Balaban J connectivity index is 2.36. The molecule has 2 atom stereocenters. The maximum atomic E-state index is 11.6. The van der Waals surface area contributed by atoms with Gasteiger partial charge >= 0.3 is 11.9 Å². The Kier molecular flexibility index (Phi) is 5.57. The van der Waals surface area contributed by atoms with Gasteiger partial charge < -0.3 is 20.3 Å². The van der Waals surface area contributed by atoms with Crippen molar-refractivity contribution in [3.8, 4) is 0 Å². The van der Waals surface area contributed by atoms with Crippen molar-refractivity contribution in [3.05, 3.63) is 0 Å². The lowest BCUT2D eigenvalue weighted by Crippen LogP contribution is -2.42. The highest BCUT2D eigenvalue weighted by Crippen LogP contribution is 2.15. The van der Waals surface area contributed by atoms with Crippen LogP contribution in [0.15, 0.2) is 0 Å². The van der Waals surface area contributed by atoms with E-state index in [1.165, 1.54) is 0 Å². The van der Waals surface area contributed by atoms with Gasteiger partial charge in [-0.3, -0.25) is 9.59 Å². The normalized spacial score (nSPS) is 20.3. The zero-order valence-electron chi connectivity index (χ0n) is 9.92. The molecule has 0 radical (unpaired) electrons. The lowest BCUT2D eigenvalue weighted by Gasteiger charge is -2.15. The van der Waals surface area contributed by atoms with Crippen LogP contribution in [0.5, 0.6) is 0 Å². The van der Waals surface area contributed by atoms with Crippen LogP contribution in [0.1, 0.15) is 32.1 Å². The Morgan fingerprint density at radius 1 is 1.33 bits per heavy atom. The highest BCUT2D eigenvalue weighted by atomic mass is 16.5. The summed E-state index contributed by atoms with van der Waals surface area (Å²) in [4.78, 5) is 32.8. The molecule has 0 bridgehead atoms. The Morgan fingerprint density at radius 2 is 2.06 bits per heavy atom. The van der Waals surface area contributed by atoms with Crippen molar-refractivity contribution >= 4 is 17.8 Å². The fourth-order valence-electron chi connectivity index (χ4n) is 1.79. The number of aliphatic carboxylic acids is 2. The molecule has 1 rings (SSSR count). The molecule has 1 aliphatic heterocycles. The molecule has 102 valence electrons. The van der Waals surface area contributed by atoms with E-state index in [9.17, 15) is 14.4 Å². The van der Waals surface area contributed by atoms with Crippen LogP contribution in [-0.4, -0.2) is 46.8 Å². The number of hydrogen-bond donors (Lipinski definition) is 3. The van der Waals surface area contributed by atoms with Crippen molar-refractivity contribution in [1.29, 1.82) is 0 Å². The maximum Gasteiger partial charge on any atom is 0.326 e. The minimum atomic E-state index is -1.23. The van der Waals surface area contributed by atoms with Gasteiger partial charge in [-0.15, -0.1) is 0 Å². The van der Waals surface area contributed by atoms with Gasteiger partial charge in [-0.1, -0.05) is 0 Å². The van der Waals surface area contributed by atoms with Gasteiger partial charge in [-0.05, 0) is 19.3 Å². The number of amides is 1. The van der Waals surface area contributed by atoms with Gasteiger partial charge in [0, 0.05) is 13.0 Å². The van der Waals surface area contributed by atoms with Crippen molar-refractivity contribution < 1.29 is 29.3 Å². The summed E-state index contributed by atoms with van der Waals surface area (Å²) in [6.45, 7) is 0.624. The van der Waals surface area contributed by atoms with Crippen LogP contribution in [0, 0.1) is 0 Å². The first-order valence-electron chi connectivity index (χ1n) is 5.84. The minimum Gasteiger partial charge on any atom is -0.481 e. The number of carboxylic acid groups (broad SMARTS) is 2. The molecule has 1 fully saturated rings. The van der Waals surface area contributed by atoms with E-state index in [4.69, 9.17) is 14.9 Å². The lowest BCUT2D eigenvalue weighted by atomic mass is 10.1. The summed E-state index contributed by atoms with van der Waals surface area (Å²) in [5.74, 6) is -2.73. The van der Waals surface area contributed by atoms with Crippen molar-refractivity contribution in [1.82, 2.24) is 5.32 Å². The smallest absolute Gasteiger partial charge is 0.326 e. The van der Waals surface area contributed by atoms with E-state index in [-0.39, 0.29) is 25.4 Å². The second-order valence-electron chi connectivity index (χ2n) is 4.23. The van der Waals surface area contributed by atoms with Crippen LogP contribution in [0.3, 0.4) is 0 Å². The SMILES string of the molecule is O=C(O)CCC(NC(=O)CC1CCCO1)C(=O)O. The van der Waals surface area contributed by atoms with Gasteiger partial charge in [-0.2, -0.15) is 0 Å². The number of carboxylic acids is 2. The summed E-state index contributed by atoms with van der Waals surface area (Å²) in [5, 5.41) is 19.7. The molecule has 0 aliphatic carbocycles. The van der Waals surface area contributed by atoms with Gasteiger partial charge in [-0.25, -0.2) is 4.79 Å². The van der Waals surface area contributed by atoms with Gasteiger partial charge in [0.1, 0.15) is 6.04 Å². The van der Waals surface area contributed by atoms with Gasteiger partial charge in [0.05, 0.1) is 12.5 Å². The molecular weight excluding hydrogens is 242 g/mol. The van der Waals surface area contributed by atoms with Crippen molar-refractivity contribution in [3.63, 3.8) is 0 Å². The van der Waals surface area contributed by atoms with Crippen molar-refractivity contribution in [2.24, 2.45) is 0 Å². The third kappa shape index (κ3) is 5.13. The first-order chi connectivity index (χ1) is 8.49. The first kappa shape index (κ1) is 14.4. The number of carbonyl (C=O) groups excluding carboxylic acids is 1. The van der Waals surface area contributed by atoms with Crippen LogP contribution in [0.2, 0.25) is 0 Å². The molecule has 2 unspecified atom stereocenters. The van der Waals surface area contributed by atoms with E-state index >= 15 is 0 Å². The number of ether oxygens (including phenoxy) is 1. The molecule has 7 heteroatoms. The fourth-order valence-corrected chi connectivity index (χ4v) is 1.79. The summed E-state index contributed by atoms with van der Waals surface area (Å²) in [6, 6.07) is -1.16. The van der Waals surface area contributed by atoms with Gasteiger partial charge in [0.25, 0.3) is 0 Å². The number of carbonyl (C=O) groups is 3. The molecule has 1 aliphatic rings. The lowest BCUT2D eigenvalue weighted by molar-refractivity contribution is -0.143. The predicted octanol–water partition coefficient (Wildman–Crippen LogP) is -0.0103. The van der Waals surface area contributed by atoms with Crippen LogP contribution in [0.4, 0.5) is 0 Å². The first-order valence-corrected chi connectivity index (χ1v) is 5.84. The van der Waals surface area contributed by atoms with E-state index in [1.807, 2.05) is 0 Å². The minimum absolute atomic E-state index is 0.122. The quantitative estimate of drug-likeness (QED) is 0.592. The second kappa shape index (κ2) is 6.95. The molecule has 1 amide bonds. The van der Waals surface area contributed by atoms with Crippen molar-refractivity contribution in [2.75, 3.05) is 6.61 Å². The molecule has 3 N–H and O–H groups in total. The van der Waals surface area contributed by atoms with E-state index in [1.54, 1.807) is 0 Å². The molecular formula is C11H17NO6. The fraction of sp³-hybridized carbons (Fsp3) is 0.727. The molecule has 0 aromatic heterocycles. The van der Waals surface area contributed by atoms with E-state index in [0.717, 1.165) is 12.8 Å². The largest absolute Gasteiger partial charge is 0.481 e. The number of nitrogens with one attached hydrogen (secondary N) is 1.